The molecule has 0 unspecified atom stereocenters. The quantitative estimate of drug-likeness (QED) is 0.244. The van der Waals surface area contributed by atoms with Gasteiger partial charge in [-0.1, -0.05) is 18.9 Å². The van der Waals surface area contributed by atoms with Gasteiger partial charge in [0.15, 0.2) is 5.82 Å². The molecule has 3 aromatic rings. The molecule has 9 nitrogen and oxygen atoms in total. The minimum Gasteiger partial charge on any atom is -0.354 e. The summed E-state index contributed by atoms with van der Waals surface area (Å²) in [6, 6.07) is 6.97. The van der Waals surface area contributed by atoms with Crippen LogP contribution in [0.2, 0.25) is 0 Å². The highest BCUT2D eigenvalue weighted by Gasteiger charge is 2.33. The van der Waals surface area contributed by atoms with E-state index in [0.29, 0.717) is 24.8 Å². The highest BCUT2D eigenvalue weighted by Crippen LogP contribution is 2.34. The van der Waals surface area contributed by atoms with Crippen molar-refractivity contribution in [2.75, 3.05) is 23.4 Å². The largest absolute Gasteiger partial charge is 0.433 e. The Morgan fingerprint density at radius 3 is 2.18 bits per heavy atom. The number of aromatic nitrogens is 4. The van der Waals surface area contributed by atoms with E-state index in [1.165, 1.54) is 12.1 Å². The molecule has 0 radical (unpaired) electrons. The fourth-order valence-corrected chi connectivity index (χ4v) is 3.55. The first-order valence-electron chi connectivity index (χ1n) is 11.5. The average molecular weight is 579 g/mol. The Labute approximate surface area is 219 Å². The van der Waals surface area contributed by atoms with Gasteiger partial charge in [0.2, 0.25) is 11.9 Å². The van der Waals surface area contributed by atoms with Crippen LogP contribution in [0.25, 0.3) is 11.5 Å². The number of hydrogen-bond donors (Lipinski definition) is 3. The van der Waals surface area contributed by atoms with Crippen molar-refractivity contribution in [2.24, 2.45) is 0 Å². The maximum absolute atomic E-state index is 13.4. The number of nitrogens with zero attached hydrogens (tertiary/aromatic N) is 4. The first kappa shape index (κ1) is 30.0. The summed E-state index contributed by atoms with van der Waals surface area (Å²) in [6.07, 6.45) is -4.82. The second kappa shape index (κ2) is 12.1. The van der Waals surface area contributed by atoms with E-state index in [2.05, 4.69) is 30.6 Å². The zero-order chi connectivity index (χ0) is 28.8. The number of aryl methyl sites for hydroxylation is 1. The van der Waals surface area contributed by atoms with E-state index < -0.39 is 33.7 Å². The molecule has 0 saturated heterocycles. The number of halogens is 6. The van der Waals surface area contributed by atoms with Crippen LogP contribution in [0, 0.1) is 0 Å². The Morgan fingerprint density at radius 1 is 0.846 bits per heavy atom. The van der Waals surface area contributed by atoms with Crippen LogP contribution in [0.1, 0.15) is 42.5 Å². The van der Waals surface area contributed by atoms with Crippen LogP contribution in [-0.2, 0) is 28.9 Å². The minimum absolute atomic E-state index is 0.0796. The van der Waals surface area contributed by atoms with Crippen LogP contribution < -0.4 is 10.6 Å². The molecular weight excluding hydrogens is 554 g/mol. The van der Waals surface area contributed by atoms with Gasteiger partial charge in [-0.05, 0) is 55.2 Å². The fourth-order valence-electron chi connectivity index (χ4n) is 3.55. The highest BCUT2D eigenvalue weighted by molar-refractivity contribution is 7.85. The van der Waals surface area contributed by atoms with Crippen molar-refractivity contribution in [3.05, 3.63) is 53.2 Å². The van der Waals surface area contributed by atoms with Gasteiger partial charge in [0.05, 0.1) is 11.8 Å². The number of pyridine rings is 1. The van der Waals surface area contributed by atoms with Gasteiger partial charge in [0.25, 0.3) is 10.1 Å². The molecule has 16 heteroatoms. The number of benzene rings is 1. The number of anilines is 3. The van der Waals surface area contributed by atoms with Gasteiger partial charge >= 0.3 is 12.4 Å². The molecular formula is C23H24F6N6O3S. The number of fused-ring (bicyclic) bond motifs is 4. The molecule has 4 rings (SSSR count). The normalized spacial score (nSPS) is 14.7. The molecule has 0 aliphatic carbocycles. The summed E-state index contributed by atoms with van der Waals surface area (Å²) in [6.45, 7) is 0.516. The molecule has 1 aliphatic rings. The van der Waals surface area contributed by atoms with Crippen molar-refractivity contribution in [1.29, 1.82) is 0 Å². The fraction of sp³-hybridized carbons (Fsp3) is 0.391. The van der Waals surface area contributed by atoms with Gasteiger partial charge in [0.1, 0.15) is 11.4 Å². The molecule has 1 aromatic carbocycles. The lowest BCUT2D eigenvalue weighted by Gasteiger charge is -2.15. The predicted molar refractivity (Wildman–Crippen MR) is 131 cm³/mol. The van der Waals surface area contributed by atoms with E-state index in [4.69, 9.17) is 4.55 Å². The predicted octanol–water partition coefficient (Wildman–Crippen LogP) is 5.75. The molecule has 4 bridgehead atoms. The van der Waals surface area contributed by atoms with Gasteiger partial charge in [-0.3, -0.25) is 4.55 Å². The van der Waals surface area contributed by atoms with E-state index in [1.807, 2.05) is 0 Å². The summed E-state index contributed by atoms with van der Waals surface area (Å²) in [5.41, 5.74) is -1.44. The molecule has 0 fully saturated rings. The average Bonchev–Trinajstić information content (AvgIpc) is 2.81. The monoisotopic (exact) mass is 578 g/mol. The molecule has 3 heterocycles. The number of alkyl halides is 6. The molecule has 39 heavy (non-hydrogen) atoms. The van der Waals surface area contributed by atoms with Gasteiger partial charge in [-0.2, -0.15) is 49.7 Å². The smallest absolute Gasteiger partial charge is 0.354 e. The lowest BCUT2D eigenvalue weighted by Crippen LogP contribution is -2.12. The van der Waals surface area contributed by atoms with Gasteiger partial charge in [0, 0.05) is 12.2 Å². The minimum atomic E-state index is -4.66. The van der Waals surface area contributed by atoms with Crippen LogP contribution in [0.5, 0.6) is 0 Å². The second-order valence-electron chi connectivity index (χ2n) is 8.58. The van der Waals surface area contributed by atoms with E-state index >= 15 is 0 Å². The number of hydrogen-bond acceptors (Lipinski definition) is 8. The van der Waals surface area contributed by atoms with Gasteiger partial charge in [-0.15, -0.1) is 0 Å². The Kier molecular flexibility index (Phi) is 9.32. The van der Waals surface area contributed by atoms with Crippen LogP contribution >= 0.6 is 0 Å². The van der Waals surface area contributed by atoms with E-state index in [0.717, 1.165) is 43.9 Å². The maximum Gasteiger partial charge on any atom is 0.433 e. The van der Waals surface area contributed by atoms with Crippen molar-refractivity contribution in [1.82, 2.24) is 19.9 Å². The Bertz CT molecular complexity index is 1390. The highest BCUT2D eigenvalue weighted by atomic mass is 32.2. The maximum atomic E-state index is 13.4. The molecule has 0 spiro atoms. The number of rotatable bonds is 1. The summed E-state index contributed by atoms with van der Waals surface area (Å²) in [5, 5.41) is 5.76. The first-order valence-corrected chi connectivity index (χ1v) is 13.4. The van der Waals surface area contributed by atoms with Crippen LogP contribution in [0.15, 0.2) is 36.4 Å². The van der Waals surface area contributed by atoms with E-state index in [9.17, 15) is 34.8 Å². The third kappa shape index (κ3) is 9.94. The molecule has 2 aromatic heterocycles. The lowest BCUT2D eigenvalue weighted by molar-refractivity contribution is -0.141. The van der Waals surface area contributed by atoms with Crippen molar-refractivity contribution in [3.8, 4) is 11.5 Å². The van der Waals surface area contributed by atoms with Gasteiger partial charge < -0.3 is 10.6 Å². The SMILES string of the molecule is CS(=O)(=O)O.FC(F)(F)c1cc2cc(c1)Nc1nc(nc(-c3cccc(C(F)(F)F)n3)n1)NCCCCCC2. The lowest BCUT2D eigenvalue weighted by atomic mass is 10.0. The standard InChI is InChI=1S/C22H20F6N6.CH4O3S/c23-21(24,25)14-10-13-6-3-1-2-4-9-29-19-32-18(33-20(34-19)30-15(11-13)12-14)16-7-5-8-17(31-16)22(26,27)28;1-5(2,3)4/h5,7-8,10-12H,1-4,6,9H2,(H2,29,30,32,33,34);1H3,(H,2,3,4). The number of nitrogens with one attached hydrogen (secondary N) is 2. The van der Waals surface area contributed by atoms with Crippen molar-refractivity contribution in [3.63, 3.8) is 0 Å². The van der Waals surface area contributed by atoms with Crippen molar-refractivity contribution >= 4 is 27.7 Å². The Balaban J connectivity index is 0.000000771. The third-order valence-electron chi connectivity index (χ3n) is 5.16. The van der Waals surface area contributed by atoms with Crippen LogP contribution in [0.3, 0.4) is 0 Å². The third-order valence-corrected chi connectivity index (χ3v) is 5.16. The molecule has 212 valence electrons. The second-order valence-corrected chi connectivity index (χ2v) is 10.0. The molecule has 3 N–H and O–H groups in total. The molecule has 0 saturated carbocycles. The van der Waals surface area contributed by atoms with Crippen molar-refractivity contribution < 1.29 is 39.3 Å². The molecule has 0 amide bonds. The molecule has 0 atom stereocenters. The summed E-state index contributed by atoms with van der Waals surface area (Å²) < 4.78 is 106. The van der Waals surface area contributed by atoms with Crippen LogP contribution in [-0.4, -0.2) is 45.7 Å². The Morgan fingerprint density at radius 2 is 1.51 bits per heavy atom. The summed E-state index contributed by atoms with van der Waals surface area (Å²) in [5.74, 6) is -0.185. The molecule has 1 aliphatic heterocycles. The Hall–Kier alpha value is -3.53. The van der Waals surface area contributed by atoms with Crippen molar-refractivity contribution in [2.45, 2.75) is 44.5 Å². The topological polar surface area (TPSA) is 130 Å². The first-order chi connectivity index (χ1) is 18.1. The van der Waals surface area contributed by atoms with E-state index in [-0.39, 0.29) is 29.1 Å². The van der Waals surface area contributed by atoms with Gasteiger partial charge in [-0.25, -0.2) is 4.98 Å². The summed E-state index contributed by atoms with van der Waals surface area (Å²) in [7, 11) is -3.67. The van der Waals surface area contributed by atoms with Crippen LogP contribution in [0.4, 0.5) is 43.9 Å². The van der Waals surface area contributed by atoms with E-state index in [1.54, 1.807) is 6.07 Å². The zero-order valence-electron chi connectivity index (χ0n) is 20.4. The zero-order valence-corrected chi connectivity index (χ0v) is 21.3. The summed E-state index contributed by atoms with van der Waals surface area (Å²) >= 11 is 0. The summed E-state index contributed by atoms with van der Waals surface area (Å²) in [4.78, 5) is 16.1.